The number of nitrogens with zero attached hydrogens (tertiary/aromatic N) is 3. The van der Waals surface area contributed by atoms with Crippen LogP contribution in [0.2, 0.25) is 0 Å². The molecule has 0 bridgehead atoms. The lowest BCUT2D eigenvalue weighted by atomic mass is 9.84. The number of aromatic nitrogens is 2. The van der Waals surface area contributed by atoms with E-state index in [0.29, 0.717) is 47.9 Å². The fourth-order valence-corrected chi connectivity index (χ4v) is 4.70. The third-order valence-corrected chi connectivity index (χ3v) is 6.68. The Morgan fingerprint density at radius 2 is 1.89 bits per heavy atom. The van der Waals surface area contributed by atoms with Gasteiger partial charge in [0.25, 0.3) is 5.91 Å². The van der Waals surface area contributed by atoms with E-state index in [-0.39, 0.29) is 29.3 Å². The number of ether oxygens (including phenoxy) is 3. The van der Waals surface area contributed by atoms with Crippen molar-refractivity contribution in [3.8, 4) is 11.5 Å². The molecule has 1 aliphatic heterocycles. The summed E-state index contributed by atoms with van der Waals surface area (Å²) >= 11 is 0. The second-order valence-electron chi connectivity index (χ2n) is 10.3. The number of carbonyl (C=O) groups excluding carboxylic acids is 2. The van der Waals surface area contributed by atoms with E-state index in [9.17, 15) is 9.59 Å². The number of carbonyl (C=O) groups is 2. The molecule has 1 saturated heterocycles. The summed E-state index contributed by atoms with van der Waals surface area (Å²) in [6, 6.07) is 5.55. The van der Waals surface area contributed by atoms with Crippen molar-refractivity contribution in [2.75, 3.05) is 57.7 Å². The second kappa shape index (κ2) is 10.9. The molecule has 3 aromatic rings. The summed E-state index contributed by atoms with van der Waals surface area (Å²) < 4.78 is 18.7. The number of nitrogen functional groups attached to an aromatic ring is 1. The number of benzene rings is 1. The van der Waals surface area contributed by atoms with Crippen molar-refractivity contribution in [1.82, 2.24) is 14.9 Å². The Bertz CT molecular complexity index is 1350. The standard InChI is InChI=1S/C28H37N5O5/c1-7-38-22-14-18-15-33(26(29)23(18)31-24(22)27(35)30-5)16-21(34)17-12-19(28(2,3)4)25(36-6)20(13-17)32-8-10-37-11-9-32/h12-15H,7-11,16,29H2,1-6H3,(H,30,35). The van der Waals surface area contributed by atoms with E-state index in [0.717, 1.165) is 30.1 Å². The molecule has 10 nitrogen and oxygen atoms in total. The minimum absolute atomic E-state index is 0.0138. The van der Waals surface area contributed by atoms with Crippen LogP contribution in [0, 0.1) is 0 Å². The molecule has 0 aliphatic carbocycles. The molecule has 1 aliphatic rings. The first-order valence-electron chi connectivity index (χ1n) is 12.8. The molecule has 204 valence electrons. The highest BCUT2D eigenvalue weighted by Gasteiger charge is 2.27. The number of anilines is 2. The van der Waals surface area contributed by atoms with Crippen molar-refractivity contribution in [3.05, 3.63) is 41.2 Å². The topological polar surface area (TPSA) is 121 Å². The monoisotopic (exact) mass is 523 g/mol. The van der Waals surface area contributed by atoms with Crippen molar-refractivity contribution in [3.63, 3.8) is 0 Å². The summed E-state index contributed by atoms with van der Waals surface area (Å²) in [5.41, 5.74) is 9.18. The van der Waals surface area contributed by atoms with Crippen molar-refractivity contribution in [2.45, 2.75) is 39.7 Å². The van der Waals surface area contributed by atoms with Gasteiger partial charge in [-0.2, -0.15) is 0 Å². The molecule has 10 heteroatoms. The Morgan fingerprint density at radius 1 is 1.18 bits per heavy atom. The van der Waals surface area contributed by atoms with E-state index >= 15 is 0 Å². The van der Waals surface area contributed by atoms with Gasteiger partial charge in [0.05, 0.1) is 39.2 Å². The molecule has 3 N–H and O–H groups in total. The number of nitrogens with one attached hydrogen (secondary N) is 1. The predicted molar refractivity (Wildman–Crippen MR) is 148 cm³/mol. The summed E-state index contributed by atoms with van der Waals surface area (Å²) in [6.45, 7) is 11.2. The lowest BCUT2D eigenvalue weighted by Gasteiger charge is -2.33. The number of hydrogen-bond acceptors (Lipinski definition) is 8. The van der Waals surface area contributed by atoms with Crippen molar-refractivity contribution < 1.29 is 23.8 Å². The molecule has 0 spiro atoms. The van der Waals surface area contributed by atoms with Crippen LogP contribution in [-0.4, -0.2) is 68.3 Å². The van der Waals surface area contributed by atoms with Gasteiger partial charge in [-0.05, 0) is 30.5 Å². The normalized spacial score (nSPS) is 14.0. The van der Waals surface area contributed by atoms with Crippen LogP contribution in [0.1, 0.15) is 54.1 Å². The van der Waals surface area contributed by atoms with Crippen LogP contribution in [0.4, 0.5) is 11.5 Å². The van der Waals surface area contributed by atoms with Crippen LogP contribution in [0.3, 0.4) is 0 Å². The molecule has 1 fully saturated rings. The van der Waals surface area contributed by atoms with Gasteiger partial charge in [-0.25, -0.2) is 4.98 Å². The van der Waals surface area contributed by atoms with Gasteiger partial charge in [0, 0.05) is 42.8 Å². The zero-order valence-electron chi connectivity index (χ0n) is 23.0. The number of ketones is 1. The van der Waals surface area contributed by atoms with E-state index in [1.54, 1.807) is 23.9 Å². The maximum Gasteiger partial charge on any atom is 0.273 e. The molecular formula is C28H37N5O5. The Hall–Kier alpha value is -3.79. The Balaban J connectivity index is 1.75. The predicted octanol–water partition coefficient (Wildman–Crippen LogP) is 3.40. The van der Waals surface area contributed by atoms with Crippen LogP contribution < -0.4 is 25.4 Å². The molecule has 0 atom stereocenters. The van der Waals surface area contributed by atoms with Gasteiger partial charge < -0.3 is 34.7 Å². The zero-order valence-corrected chi connectivity index (χ0v) is 23.0. The third-order valence-electron chi connectivity index (χ3n) is 6.68. The smallest absolute Gasteiger partial charge is 0.273 e. The van der Waals surface area contributed by atoms with Crippen molar-refractivity contribution in [2.24, 2.45) is 0 Å². The summed E-state index contributed by atoms with van der Waals surface area (Å²) in [7, 11) is 3.20. The molecule has 0 saturated carbocycles. The van der Waals surface area contributed by atoms with Crippen LogP contribution in [-0.2, 0) is 16.7 Å². The van der Waals surface area contributed by atoms with Gasteiger partial charge in [-0.15, -0.1) is 0 Å². The average molecular weight is 524 g/mol. The van der Waals surface area contributed by atoms with Crippen LogP contribution in [0.5, 0.6) is 11.5 Å². The highest BCUT2D eigenvalue weighted by atomic mass is 16.5. The SMILES string of the molecule is CCOc1cc2cn(CC(=O)c3cc(N4CCOCC4)c(OC)c(C(C)(C)C)c3)c(N)c2nc1C(=O)NC. The van der Waals surface area contributed by atoms with E-state index in [4.69, 9.17) is 19.9 Å². The lowest BCUT2D eigenvalue weighted by Crippen LogP contribution is -2.37. The average Bonchev–Trinajstić information content (AvgIpc) is 3.20. The number of fused-ring (bicyclic) bond motifs is 1. The van der Waals surface area contributed by atoms with Crippen LogP contribution in [0.25, 0.3) is 10.9 Å². The number of nitrogens with two attached hydrogens (primary N) is 1. The van der Waals surface area contributed by atoms with Gasteiger partial charge in [0.15, 0.2) is 17.2 Å². The van der Waals surface area contributed by atoms with Crippen LogP contribution in [0.15, 0.2) is 24.4 Å². The number of rotatable bonds is 8. The molecular weight excluding hydrogens is 486 g/mol. The molecule has 4 rings (SSSR count). The number of Topliss-reactive ketones (excluding diaryl/α,β-unsaturated/α-hetero) is 1. The first kappa shape index (κ1) is 27.3. The molecule has 0 unspecified atom stereocenters. The second-order valence-corrected chi connectivity index (χ2v) is 10.3. The van der Waals surface area contributed by atoms with Gasteiger partial charge in [-0.3, -0.25) is 9.59 Å². The van der Waals surface area contributed by atoms with Crippen molar-refractivity contribution >= 4 is 34.1 Å². The molecule has 3 heterocycles. The summed E-state index contributed by atoms with van der Waals surface area (Å²) in [6.07, 6.45) is 1.77. The Labute approximate surface area is 223 Å². The lowest BCUT2D eigenvalue weighted by molar-refractivity contribution is 0.0951. The maximum atomic E-state index is 13.7. The molecule has 1 aromatic carbocycles. The number of morpholine rings is 1. The number of amides is 1. The Morgan fingerprint density at radius 3 is 2.50 bits per heavy atom. The maximum absolute atomic E-state index is 13.7. The minimum atomic E-state index is -0.373. The summed E-state index contributed by atoms with van der Waals surface area (Å²) in [4.78, 5) is 32.7. The van der Waals surface area contributed by atoms with E-state index in [1.807, 2.05) is 19.1 Å². The molecule has 38 heavy (non-hydrogen) atoms. The van der Waals surface area contributed by atoms with Crippen LogP contribution >= 0.6 is 0 Å². The highest BCUT2D eigenvalue weighted by Crippen LogP contribution is 2.40. The highest BCUT2D eigenvalue weighted by molar-refractivity contribution is 6.01. The molecule has 0 radical (unpaired) electrons. The third kappa shape index (κ3) is 5.26. The fraction of sp³-hybridized carbons (Fsp3) is 0.464. The zero-order chi connectivity index (χ0) is 27.6. The minimum Gasteiger partial charge on any atom is -0.494 e. The van der Waals surface area contributed by atoms with Gasteiger partial charge >= 0.3 is 0 Å². The number of methoxy groups -OCH3 is 1. The van der Waals surface area contributed by atoms with Gasteiger partial charge in [-0.1, -0.05) is 20.8 Å². The quantitative estimate of drug-likeness (QED) is 0.431. The van der Waals surface area contributed by atoms with Gasteiger partial charge in [0.1, 0.15) is 17.1 Å². The molecule has 1 amide bonds. The first-order chi connectivity index (χ1) is 18.1. The summed E-state index contributed by atoms with van der Waals surface area (Å²) in [5.74, 6) is 0.970. The Kier molecular flexibility index (Phi) is 7.82. The van der Waals surface area contributed by atoms with E-state index in [2.05, 4.69) is 36.0 Å². The van der Waals surface area contributed by atoms with Gasteiger partial charge in [0.2, 0.25) is 0 Å². The number of hydrogen-bond donors (Lipinski definition) is 2. The molecule has 2 aromatic heterocycles. The van der Waals surface area contributed by atoms with E-state index in [1.165, 1.54) is 7.05 Å². The van der Waals surface area contributed by atoms with E-state index < -0.39 is 0 Å². The van der Waals surface area contributed by atoms with Crippen molar-refractivity contribution in [1.29, 1.82) is 0 Å². The summed E-state index contributed by atoms with van der Waals surface area (Å²) in [5, 5.41) is 3.26. The fourth-order valence-electron chi connectivity index (χ4n) is 4.70. The largest absolute Gasteiger partial charge is 0.494 e. The first-order valence-corrected chi connectivity index (χ1v) is 12.8. The number of pyridine rings is 1.